The number of nitrogens with zero attached hydrogens (tertiary/aromatic N) is 2. The molecule has 2 aromatic heterocycles. The predicted molar refractivity (Wildman–Crippen MR) is 99.0 cm³/mol. The van der Waals surface area contributed by atoms with Gasteiger partial charge in [0, 0.05) is 17.4 Å². The maximum absolute atomic E-state index is 5.45. The van der Waals surface area contributed by atoms with Crippen LogP contribution in [0.2, 0.25) is 0 Å². The number of anilines is 2. The third kappa shape index (κ3) is 3.14. The van der Waals surface area contributed by atoms with Gasteiger partial charge in [0.1, 0.15) is 28.0 Å². The first-order chi connectivity index (χ1) is 11.7. The Morgan fingerprint density at radius 2 is 1.88 bits per heavy atom. The van der Waals surface area contributed by atoms with E-state index in [4.69, 9.17) is 9.47 Å². The van der Waals surface area contributed by atoms with Crippen molar-refractivity contribution in [2.45, 2.75) is 26.7 Å². The molecule has 126 valence electrons. The summed E-state index contributed by atoms with van der Waals surface area (Å²) in [6.07, 6.45) is 1.78. The molecule has 24 heavy (non-hydrogen) atoms. The summed E-state index contributed by atoms with van der Waals surface area (Å²) in [6, 6.07) is 7.82. The smallest absolute Gasteiger partial charge is 0.143 e. The summed E-state index contributed by atoms with van der Waals surface area (Å²) >= 11 is 1.72. The van der Waals surface area contributed by atoms with Crippen molar-refractivity contribution >= 4 is 33.1 Å². The second-order valence-corrected chi connectivity index (χ2v) is 6.43. The molecule has 0 spiro atoms. The number of methoxy groups -OCH3 is 2. The number of benzene rings is 1. The molecule has 0 amide bonds. The molecule has 0 unspecified atom stereocenters. The monoisotopic (exact) mass is 343 g/mol. The van der Waals surface area contributed by atoms with E-state index < -0.39 is 0 Å². The Morgan fingerprint density at radius 1 is 1.04 bits per heavy atom. The van der Waals surface area contributed by atoms with Crippen LogP contribution in [0.3, 0.4) is 0 Å². The average Bonchev–Trinajstić information content (AvgIpc) is 3.05. The summed E-state index contributed by atoms with van der Waals surface area (Å²) < 4.78 is 10.8. The van der Waals surface area contributed by atoms with Crippen LogP contribution in [0.25, 0.3) is 10.2 Å². The van der Waals surface area contributed by atoms with Gasteiger partial charge in [-0.15, -0.1) is 11.3 Å². The summed E-state index contributed by atoms with van der Waals surface area (Å²) in [5.41, 5.74) is 0.822. The molecule has 0 aliphatic rings. The Hall–Kier alpha value is -2.34. The topological polar surface area (TPSA) is 56.3 Å². The number of ether oxygens (including phenoxy) is 2. The fourth-order valence-electron chi connectivity index (χ4n) is 2.48. The highest BCUT2D eigenvalue weighted by Crippen LogP contribution is 2.35. The first kappa shape index (κ1) is 16.5. The van der Waals surface area contributed by atoms with Crippen molar-refractivity contribution in [1.29, 1.82) is 0 Å². The van der Waals surface area contributed by atoms with Crippen molar-refractivity contribution in [3.63, 3.8) is 0 Å². The Balaban J connectivity index is 2.10. The highest BCUT2D eigenvalue weighted by atomic mass is 32.1. The van der Waals surface area contributed by atoms with Gasteiger partial charge in [-0.1, -0.05) is 13.8 Å². The van der Waals surface area contributed by atoms with Crippen LogP contribution >= 0.6 is 11.3 Å². The van der Waals surface area contributed by atoms with Gasteiger partial charge < -0.3 is 14.8 Å². The van der Waals surface area contributed by atoms with Crippen LogP contribution in [-0.4, -0.2) is 24.2 Å². The number of rotatable bonds is 6. The molecule has 0 saturated heterocycles. The van der Waals surface area contributed by atoms with Crippen molar-refractivity contribution in [1.82, 2.24) is 9.97 Å². The van der Waals surface area contributed by atoms with Crippen molar-refractivity contribution < 1.29 is 9.47 Å². The normalized spacial score (nSPS) is 10.8. The number of aryl methyl sites for hydroxylation is 2. The molecule has 6 heteroatoms. The van der Waals surface area contributed by atoms with Crippen LogP contribution < -0.4 is 14.8 Å². The van der Waals surface area contributed by atoms with Crippen LogP contribution in [-0.2, 0) is 12.8 Å². The molecule has 3 rings (SSSR count). The fourth-order valence-corrected chi connectivity index (χ4v) is 3.47. The number of thiophene rings is 1. The van der Waals surface area contributed by atoms with Gasteiger partial charge in [0.2, 0.25) is 0 Å². The van der Waals surface area contributed by atoms with Crippen LogP contribution in [0.4, 0.5) is 11.5 Å². The fraction of sp³-hybridized carbons (Fsp3) is 0.333. The summed E-state index contributed by atoms with van der Waals surface area (Å²) in [5.74, 6) is 3.14. The molecule has 0 fully saturated rings. The number of aromatic nitrogens is 2. The van der Waals surface area contributed by atoms with E-state index in [0.717, 1.165) is 51.9 Å². The quantitative estimate of drug-likeness (QED) is 0.710. The standard InChI is InChI=1S/C18H21N3O2S/c1-5-12-10-13-17(20-16(6-2)21-18(13)24-12)19-14-9-11(22-3)7-8-15(14)23-4/h7-10H,5-6H2,1-4H3,(H,19,20,21). The number of hydrogen-bond donors (Lipinski definition) is 1. The van der Waals surface area contributed by atoms with Gasteiger partial charge in [0.15, 0.2) is 0 Å². The van der Waals surface area contributed by atoms with Gasteiger partial charge in [-0.2, -0.15) is 0 Å². The van der Waals surface area contributed by atoms with E-state index in [1.165, 1.54) is 4.88 Å². The minimum Gasteiger partial charge on any atom is -0.497 e. The first-order valence-electron chi connectivity index (χ1n) is 7.96. The van der Waals surface area contributed by atoms with Crippen LogP contribution in [0, 0.1) is 0 Å². The zero-order valence-electron chi connectivity index (χ0n) is 14.3. The second kappa shape index (κ2) is 7.05. The zero-order valence-corrected chi connectivity index (χ0v) is 15.2. The van der Waals surface area contributed by atoms with Crippen LogP contribution in [0.15, 0.2) is 24.3 Å². The lowest BCUT2D eigenvalue weighted by atomic mass is 10.2. The number of hydrogen-bond acceptors (Lipinski definition) is 6. The first-order valence-corrected chi connectivity index (χ1v) is 8.78. The van der Waals surface area contributed by atoms with Crippen molar-refractivity contribution in [3.05, 3.63) is 35.0 Å². The SMILES string of the molecule is CCc1nc(Nc2cc(OC)ccc2OC)c2cc(CC)sc2n1. The lowest BCUT2D eigenvalue weighted by molar-refractivity contribution is 0.405. The summed E-state index contributed by atoms with van der Waals surface area (Å²) in [4.78, 5) is 11.6. The van der Waals surface area contributed by atoms with Gasteiger partial charge in [-0.3, -0.25) is 0 Å². The van der Waals surface area contributed by atoms with Crippen molar-refractivity contribution in [2.24, 2.45) is 0 Å². The summed E-state index contributed by atoms with van der Waals surface area (Å²) in [7, 11) is 3.30. The van der Waals surface area contributed by atoms with E-state index in [1.54, 1.807) is 25.6 Å². The average molecular weight is 343 g/mol. The van der Waals surface area contributed by atoms with Crippen LogP contribution in [0.5, 0.6) is 11.5 Å². The Bertz CT molecular complexity index is 861. The molecule has 0 bridgehead atoms. The zero-order chi connectivity index (χ0) is 17.1. The second-order valence-electron chi connectivity index (χ2n) is 5.32. The molecule has 3 aromatic rings. The van der Waals surface area contributed by atoms with Gasteiger partial charge in [0.05, 0.1) is 25.3 Å². The van der Waals surface area contributed by atoms with Gasteiger partial charge >= 0.3 is 0 Å². The third-order valence-corrected chi connectivity index (χ3v) is 4.99. The largest absolute Gasteiger partial charge is 0.497 e. The van der Waals surface area contributed by atoms with E-state index >= 15 is 0 Å². The number of fused-ring (bicyclic) bond motifs is 1. The highest BCUT2D eigenvalue weighted by molar-refractivity contribution is 7.18. The molecule has 1 N–H and O–H groups in total. The van der Waals surface area contributed by atoms with E-state index in [-0.39, 0.29) is 0 Å². The van der Waals surface area contributed by atoms with E-state index in [9.17, 15) is 0 Å². The van der Waals surface area contributed by atoms with Crippen LogP contribution in [0.1, 0.15) is 24.5 Å². The van der Waals surface area contributed by atoms with Gasteiger partial charge in [0.25, 0.3) is 0 Å². The highest BCUT2D eigenvalue weighted by Gasteiger charge is 2.13. The lowest BCUT2D eigenvalue weighted by Crippen LogP contribution is -2.01. The molecule has 0 atom stereocenters. The molecule has 0 aliphatic heterocycles. The molecular weight excluding hydrogens is 322 g/mol. The van der Waals surface area contributed by atoms with E-state index in [1.807, 2.05) is 18.2 Å². The molecule has 0 saturated carbocycles. The molecular formula is C18H21N3O2S. The van der Waals surface area contributed by atoms with Gasteiger partial charge in [-0.05, 0) is 24.6 Å². The lowest BCUT2D eigenvalue weighted by Gasteiger charge is -2.13. The van der Waals surface area contributed by atoms with E-state index in [0.29, 0.717) is 0 Å². The predicted octanol–water partition coefficient (Wildman–Crippen LogP) is 4.58. The molecule has 0 aliphatic carbocycles. The van der Waals surface area contributed by atoms with Crippen molar-refractivity contribution in [3.8, 4) is 11.5 Å². The van der Waals surface area contributed by atoms with Gasteiger partial charge in [-0.25, -0.2) is 9.97 Å². The summed E-state index contributed by atoms with van der Waals surface area (Å²) in [5, 5.41) is 4.44. The molecule has 0 radical (unpaired) electrons. The third-order valence-electron chi connectivity index (χ3n) is 3.81. The Morgan fingerprint density at radius 3 is 2.54 bits per heavy atom. The molecule has 5 nitrogen and oxygen atoms in total. The minimum absolute atomic E-state index is 0.742. The molecule has 2 heterocycles. The maximum atomic E-state index is 5.45. The molecule has 1 aromatic carbocycles. The maximum Gasteiger partial charge on any atom is 0.143 e. The Kier molecular flexibility index (Phi) is 4.85. The minimum atomic E-state index is 0.742. The summed E-state index contributed by atoms with van der Waals surface area (Å²) in [6.45, 7) is 4.21. The van der Waals surface area contributed by atoms with E-state index in [2.05, 4.69) is 35.2 Å². The Labute approximate surface area is 145 Å². The number of nitrogens with one attached hydrogen (secondary N) is 1. The van der Waals surface area contributed by atoms with Crippen molar-refractivity contribution in [2.75, 3.05) is 19.5 Å².